The zero-order valence-electron chi connectivity index (χ0n) is 11.1. The van der Waals surface area contributed by atoms with Crippen LogP contribution in [0.1, 0.15) is 57.6 Å². The zero-order chi connectivity index (χ0) is 12.5. The maximum absolute atomic E-state index is 6.07. The zero-order valence-corrected chi connectivity index (χ0v) is 11.1. The van der Waals surface area contributed by atoms with Crippen LogP contribution in [0.2, 0.25) is 0 Å². The second-order valence-electron chi connectivity index (χ2n) is 4.46. The molecule has 0 saturated carbocycles. The molecule has 0 aliphatic carbocycles. The van der Waals surface area contributed by atoms with Gasteiger partial charge in [0.25, 0.3) is 0 Å². The summed E-state index contributed by atoms with van der Waals surface area (Å²) in [7, 11) is 0. The van der Waals surface area contributed by atoms with Crippen LogP contribution in [-0.2, 0) is 0 Å². The van der Waals surface area contributed by atoms with Gasteiger partial charge in [0.05, 0.1) is 6.61 Å². The fourth-order valence-electron chi connectivity index (χ4n) is 1.85. The predicted molar refractivity (Wildman–Crippen MR) is 73.3 cm³/mol. The topological polar surface area (TPSA) is 35.2 Å². The molecule has 1 aromatic carbocycles. The predicted octanol–water partition coefficient (Wildman–Crippen LogP) is 4.06. The molecule has 0 amide bonds. The van der Waals surface area contributed by atoms with Crippen molar-refractivity contribution >= 4 is 0 Å². The van der Waals surface area contributed by atoms with Crippen LogP contribution >= 0.6 is 0 Å². The van der Waals surface area contributed by atoms with E-state index in [4.69, 9.17) is 10.5 Å². The molecule has 2 heteroatoms. The highest BCUT2D eigenvalue weighted by Crippen LogP contribution is 2.25. The average molecular weight is 235 g/mol. The van der Waals surface area contributed by atoms with Crippen LogP contribution in [0.5, 0.6) is 5.75 Å². The lowest BCUT2D eigenvalue weighted by atomic mass is 10.0. The Hall–Kier alpha value is -1.02. The lowest BCUT2D eigenvalue weighted by Gasteiger charge is -2.15. The van der Waals surface area contributed by atoms with Crippen LogP contribution in [-0.4, -0.2) is 6.61 Å². The highest BCUT2D eigenvalue weighted by atomic mass is 16.5. The van der Waals surface area contributed by atoms with E-state index in [0.29, 0.717) is 0 Å². The molecule has 1 aromatic rings. The second kappa shape index (κ2) is 8.13. The van der Waals surface area contributed by atoms with Gasteiger partial charge in [-0.15, -0.1) is 0 Å². The summed E-state index contributed by atoms with van der Waals surface area (Å²) in [5, 5.41) is 0. The van der Waals surface area contributed by atoms with Crippen molar-refractivity contribution in [3.63, 3.8) is 0 Å². The van der Waals surface area contributed by atoms with Crippen molar-refractivity contribution in [1.29, 1.82) is 0 Å². The van der Waals surface area contributed by atoms with E-state index < -0.39 is 0 Å². The van der Waals surface area contributed by atoms with E-state index in [1.54, 1.807) is 0 Å². The standard InChI is InChI=1S/C15H25NO/c1-3-5-6-9-12-17-15-11-8-7-10-13(15)14(16)4-2/h7-8,10-11,14H,3-6,9,12,16H2,1-2H3/t14-/m1/s1. The van der Waals surface area contributed by atoms with E-state index >= 15 is 0 Å². The average Bonchev–Trinajstić information content (AvgIpc) is 2.38. The number of unbranched alkanes of at least 4 members (excludes halogenated alkanes) is 3. The second-order valence-corrected chi connectivity index (χ2v) is 4.46. The summed E-state index contributed by atoms with van der Waals surface area (Å²) >= 11 is 0. The molecule has 0 heterocycles. The van der Waals surface area contributed by atoms with Gasteiger partial charge in [-0.1, -0.05) is 51.3 Å². The van der Waals surface area contributed by atoms with Gasteiger partial charge < -0.3 is 10.5 Å². The van der Waals surface area contributed by atoms with Gasteiger partial charge in [0.15, 0.2) is 0 Å². The molecule has 0 aromatic heterocycles. The molecular formula is C15H25NO. The Morgan fingerprint density at radius 3 is 2.59 bits per heavy atom. The summed E-state index contributed by atoms with van der Waals surface area (Å²) in [5.41, 5.74) is 7.20. The molecule has 96 valence electrons. The molecule has 0 bridgehead atoms. The van der Waals surface area contributed by atoms with Crippen molar-refractivity contribution in [2.24, 2.45) is 5.73 Å². The van der Waals surface area contributed by atoms with Crippen LogP contribution < -0.4 is 10.5 Å². The van der Waals surface area contributed by atoms with Gasteiger partial charge in [0, 0.05) is 11.6 Å². The lowest BCUT2D eigenvalue weighted by molar-refractivity contribution is 0.300. The van der Waals surface area contributed by atoms with E-state index in [1.165, 1.54) is 19.3 Å². The third-order valence-corrected chi connectivity index (χ3v) is 3.01. The Bertz CT molecular complexity index is 312. The Labute approximate surface area is 105 Å². The first-order chi connectivity index (χ1) is 8.29. The smallest absolute Gasteiger partial charge is 0.124 e. The fraction of sp³-hybridized carbons (Fsp3) is 0.600. The maximum Gasteiger partial charge on any atom is 0.124 e. The molecule has 0 aliphatic heterocycles. The van der Waals surface area contributed by atoms with Crippen molar-refractivity contribution < 1.29 is 4.74 Å². The Balaban J connectivity index is 2.46. The highest BCUT2D eigenvalue weighted by Gasteiger charge is 2.09. The van der Waals surface area contributed by atoms with Gasteiger partial charge in [-0.05, 0) is 18.9 Å². The molecule has 0 aliphatic rings. The lowest BCUT2D eigenvalue weighted by Crippen LogP contribution is -2.11. The number of hydrogen-bond donors (Lipinski definition) is 1. The van der Waals surface area contributed by atoms with Crippen LogP contribution in [0, 0.1) is 0 Å². The van der Waals surface area contributed by atoms with Crippen LogP contribution in [0.4, 0.5) is 0 Å². The molecule has 1 rings (SSSR count). The van der Waals surface area contributed by atoms with Crippen molar-refractivity contribution in [2.45, 2.75) is 52.0 Å². The van der Waals surface area contributed by atoms with Gasteiger partial charge in [0.1, 0.15) is 5.75 Å². The molecule has 0 unspecified atom stereocenters. The number of nitrogens with two attached hydrogens (primary N) is 1. The third-order valence-electron chi connectivity index (χ3n) is 3.01. The molecule has 0 saturated heterocycles. The van der Waals surface area contributed by atoms with Gasteiger partial charge in [0.2, 0.25) is 0 Å². The van der Waals surface area contributed by atoms with E-state index in [0.717, 1.165) is 30.8 Å². The Morgan fingerprint density at radius 1 is 1.12 bits per heavy atom. The summed E-state index contributed by atoms with van der Waals surface area (Å²) in [6.07, 6.45) is 5.87. The quantitative estimate of drug-likeness (QED) is 0.690. The summed E-state index contributed by atoms with van der Waals surface area (Å²) in [6.45, 7) is 5.12. The molecule has 17 heavy (non-hydrogen) atoms. The summed E-state index contributed by atoms with van der Waals surface area (Å²) in [6, 6.07) is 8.20. The molecule has 0 spiro atoms. The highest BCUT2D eigenvalue weighted by molar-refractivity contribution is 5.35. The van der Waals surface area contributed by atoms with E-state index in [9.17, 15) is 0 Å². The minimum Gasteiger partial charge on any atom is -0.493 e. The fourth-order valence-corrected chi connectivity index (χ4v) is 1.85. The maximum atomic E-state index is 6.07. The Morgan fingerprint density at radius 2 is 1.88 bits per heavy atom. The Kier molecular flexibility index (Phi) is 6.71. The molecule has 2 nitrogen and oxygen atoms in total. The first-order valence-corrected chi connectivity index (χ1v) is 6.76. The minimum absolute atomic E-state index is 0.0850. The summed E-state index contributed by atoms with van der Waals surface area (Å²) < 4.78 is 5.83. The van der Waals surface area contributed by atoms with Crippen molar-refractivity contribution in [3.05, 3.63) is 29.8 Å². The largest absolute Gasteiger partial charge is 0.493 e. The summed E-state index contributed by atoms with van der Waals surface area (Å²) in [5.74, 6) is 0.957. The van der Waals surface area contributed by atoms with E-state index in [1.807, 2.05) is 18.2 Å². The first kappa shape index (κ1) is 14.0. The summed E-state index contributed by atoms with van der Waals surface area (Å²) in [4.78, 5) is 0. The van der Waals surface area contributed by atoms with Gasteiger partial charge >= 0.3 is 0 Å². The molecule has 1 atom stereocenters. The monoisotopic (exact) mass is 235 g/mol. The van der Waals surface area contributed by atoms with Gasteiger partial charge in [-0.2, -0.15) is 0 Å². The number of ether oxygens (including phenoxy) is 1. The van der Waals surface area contributed by atoms with Crippen LogP contribution in [0.25, 0.3) is 0 Å². The van der Waals surface area contributed by atoms with Crippen molar-refractivity contribution in [3.8, 4) is 5.75 Å². The SMILES string of the molecule is CCCCCCOc1ccccc1[C@H](N)CC. The number of para-hydroxylation sites is 1. The number of hydrogen-bond acceptors (Lipinski definition) is 2. The normalized spacial score (nSPS) is 12.4. The van der Waals surface area contributed by atoms with Crippen molar-refractivity contribution in [1.82, 2.24) is 0 Å². The van der Waals surface area contributed by atoms with E-state index in [2.05, 4.69) is 19.9 Å². The first-order valence-electron chi connectivity index (χ1n) is 6.76. The molecule has 0 fully saturated rings. The van der Waals surface area contributed by atoms with Gasteiger partial charge in [-0.25, -0.2) is 0 Å². The number of rotatable bonds is 8. The van der Waals surface area contributed by atoms with Crippen molar-refractivity contribution in [2.75, 3.05) is 6.61 Å². The molecule has 0 radical (unpaired) electrons. The van der Waals surface area contributed by atoms with E-state index in [-0.39, 0.29) is 6.04 Å². The molecular weight excluding hydrogens is 210 g/mol. The van der Waals surface area contributed by atoms with Crippen LogP contribution in [0.15, 0.2) is 24.3 Å². The van der Waals surface area contributed by atoms with Crippen LogP contribution in [0.3, 0.4) is 0 Å². The van der Waals surface area contributed by atoms with Gasteiger partial charge in [-0.3, -0.25) is 0 Å². The third kappa shape index (κ3) is 4.78. The molecule has 2 N–H and O–H groups in total. The minimum atomic E-state index is 0.0850. The number of benzene rings is 1.